The van der Waals surface area contributed by atoms with Crippen LogP contribution in [0, 0.1) is 0 Å². The fraction of sp³-hybridized carbons (Fsp3) is 0.556. The Balaban J connectivity index is 1.24. The van der Waals surface area contributed by atoms with Gasteiger partial charge in [0.2, 0.25) is 5.91 Å². The summed E-state index contributed by atoms with van der Waals surface area (Å²) in [7, 11) is 0. The molecule has 3 fully saturated rings. The fourth-order valence-corrected chi connectivity index (χ4v) is 6.14. The summed E-state index contributed by atoms with van der Waals surface area (Å²) in [5, 5.41) is 0. The van der Waals surface area contributed by atoms with Crippen molar-refractivity contribution in [1.29, 1.82) is 0 Å². The molecule has 5 rings (SSSR count). The number of rotatable bonds is 6. The van der Waals surface area contributed by atoms with Crippen LogP contribution in [0.4, 0.5) is 19.0 Å². The minimum Gasteiger partial charge on any atom is -0.354 e. The number of hydrogen-bond acceptors (Lipinski definition) is 4. The maximum atomic E-state index is 13.8. The number of hydrogen-bond donors (Lipinski definition) is 0. The van der Waals surface area contributed by atoms with Gasteiger partial charge in [-0.3, -0.25) is 9.69 Å². The zero-order valence-corrected chi connectivity index (χ0v) is 20.0. The lowest BCUT2D eigenvalue weighted by molar-refractivity contribution is -0.138. The third kappa shape index (κ3) is 5.17. The highest BCUT2D eigenvalue weighted by molar-refractivity contribution is 5.84. The second-order valence-electron chi connectivity index (χ2n) is 10.0. The van der Waals surface area contributed by atoms with Gasteiger partial charge in [-0.15, -0.1) is 0 Å². The van der Waals surface area contributed by atoms with Crippen molar-refractivity contribution in [3.05, 3.63) is 59.8 Å². The van der Waals surface area contributed by atoms with Gasteiger partial charge >= 0.3 is 6.18 Å². The second-order valence-corrected chi connectivity index (χ2v) is 10.0. The van der Waals surface area contributed by atoms with E-state index in [2.05, 4.69) is 14.8 Å². The number of carbonyl (C=O) groups excluding carboxylic acids is 1. The average molecular weight is 487 g/mol. The third-order valence-electron chi connectivity index (χ3n) is 7.95. The number of pyridine rings is 1. The zero-order chi connectivity index (χ0) is 24.4. The minimum absolute atomic E-state index is 0.0116. The lowest BCUT2D eigenvalue weighted by Gasteiger charge is -2.39. The first-order chi connectivity index (χ1) is 16.9. The summed E-state index contributed by atoms with van der Waals surface area (Å²) in [6, 6.07) is 13.2. The van der Waals surface area contributed by atoms with E-state index >= 15 is 0 Å². The summed E-state index contributed by atoms with van der Waals surface area (Å²) in [4.78, 5) is 24.0. The smallest absolute Gasteiger partial charge is 0.354 e. The monoisotopic (exact) mass is 486 g/mol. The van der Waals surface area contributed by atoms with Crippen LogP contribution in [0.2, 0.25) is 0 Å². The first-order valence-electron chi connectivity index (χ1n) is 12.8. The summed E-state index contributed by atoms with van der Waals surface area (Å²) < 4.78 is 40.3. The molecular weight excluding hydrogens is 453 g/mol. The fourth-order valence-electron chi connectivity index (χ4n) is 6.14. The number of nitrogens with zero attached hydrogens (tertiary/aromatic N) is 4. The summed E-state index contributed by atoms with van der Waals surface area (Å²) in [6.45, 7) is 3.02. The van der Waals surface area contributed by atoms with E-state index in [1.54, 1.807) is 4.90 Å². The van der Waals surface area contributed by atoms with Gasteiger partial charge in [0.05, 0.1) is 11.5 Å². The van der Waals surface area contributed by atoms with Crippen LogP contribution in [0.1, 0.15) is 55.6 Å². The molecule has 1 aromatic heterocycles. The van der Waals surface area contributed by atoms with Gasteiger partial charge < -0.3 is 9.80 Å². The van der Waals surface area contributed by atoms with Gasteiger partial charge in [-0.1, -0.05) is 30.3 Å². The van der Waals surface area contributed by atoms with Crippen LogP contribution in [0.15, 0.2) is 48.7 Å². The molecule has 3 aliphatic heterocycles. The van der Waals surface area contributed by atoms with Crippen LogP contribution in [0.5, 0.6) is 0 Å². The van der Waals surface area contributed by atoms with Crippen molar-refractivity contribution < 1.29 is 18.0 Å². The van der Waals surface area contributed by atoms with Gasteiger partial charge in [-0.2, -0.15) is 13.2 Å². The third-order valence-corrected chi connectivity index (χ3v) is 7.95. The van der Waals surface area contributed by atoms with Gasteiger partial charge in [-0.05, 0) is 62.8 Å². The molecule has 8 heteroatoms. The number of fused-ring (bicyclic) bond motifs is 2. The van der Waals surface area contributed by atoms with Crippen LogP contribution in [-0.2, 0) is 11.0 Å². The highest BCUT2D eigenvalue weighted by Crippen LogP contribution is 2.39. The average Bonchev–Trinajstić information content (AvgIpc) is 3.12. The standard InChI is InChI=1S/C27H33F3N4O/c28-27(29,30)24-10-5-14-31-25(24)33-18-16-32(17-19-33)15-13-23(20-6-2-1-3-7-20)26(35)34-21-8-4-9-22(34)12-11-21/h1-3,5-7,10,14,21-23H,4,8-9,11-13,15-19H2. The lowest BCUT2D eigenvalue weighted by Crippen LogP contribution is -2.49. The summed E-state index contributed by atoms with van der Waals surface area (Å²) >= 11 is 0. The Bertz CT molecular complexity index is 991. The van der Waals surface area contributed by atoms with E-state index < -0.39 is 11.7 Å². The van der Waals surface area contributed by atoms with E-state index in [0.29, 0.717) is 38.3 Å². The van der Waals surface area contributed by atoms with E-state index in [0.717, 1.165) is 50.3 Å². The lowest BCUT2D eigenvalue weighted by atomic mass is 9.91. The number of carbonyl (C=O) groups is 1. The quantitative estimate of drug-likeness (QED) is 0.580. The molecule has 2 aromatic rings. The van der Waals surface area contributed by atoms with Crippen LogP contribution >= 0.6 is 0 Å². The molecule has 0 aliphatic carbocycles. The first-order valence-corrected chi connectivity index (χ1v) is 12.8. The van der Waals surface area contributed by atoms with Crippen molar-refractivity contribution in [3.8, 4) is 0 Å². The van der Waals surface area contributed by atoms with E-state index in [1.807, 2.05) is 30.3 Å². The normalized spacial score (nSPS) is 24.0. The molecule has 3 atom stereocenters. The minimum atomic E-state index is -4.42. The molecule has 1 amide bonds. The maximum Gasteiger partial charge on any atom is 0.419 e. The molecule has 3 unspecified atom stereocenters. The van der Waals surface area contributed by atoms with Gasteiger partial charge in [0.1, 0.15) is 5.82 Å². The van der Waals surface area contributed by atoms with Gasteiger partial charge in [0.25, 0.3) is 0 Å². The summed E-state index contributed by atoms with van der Waals surface area (Å²) in [6.07, 6.45) is 3.39. The Morgan fingerprint density at radius 2 is 1.63 bits per heavy atom. The molecule has 35 heavy (non-hydrogen) atoms. The Labute approximate surface area is 204 Å². The number of anilines is 1. The van der Waals surface area contributed by atoms with E-state index in [-0.39, 0.29) is 17.6 Å². The molecular formula is C27H33F3N4O. The Morgan fingerprint density at radius 3 is 2.29 bits per heavy atom. The van der Waals surface area contributed by atoms with E-state index in [1.165, 1.54) is 18.7 Å². The van der Waals surface area contributed by atoms with Crippen LogP contribution in [0.25, 0.3) is 0 Å². The molecule has 0 spiro atoms. The molecule has 2 bridgehead atoms. The molecule has 0 saturated carbocycles. The molecule has 4 heterocycles. The highest BCUT2D eigenvalue weighted by atomic mass is 19.4. The number of piperidine rings is 1. The van der Waals surface area contributed by atoms with E-state index in [9.17, 15) is 18.0 Å². The van der Waals surface area contributed by atoms with Gasteiger partial charge in [0, 0.05) is 44.5 Å². The molecule has 188 valence electrons. The number of alkyl halides is 3. The largest absolute Gasteiger partial charge is 0.419 e. The second kappa shape index (κ2) is 10.2. The van der Waals surface area contributed by atoms with Crippen LogP contribution in [-0.4, -0.2) is 65.5 Å². The molecule has 0 radical (unpaired) electrons. The van der Waals surface area contributed by atoms with Crippen molar-refractivity contribution in [3.63, 3.8) is 0 Å². The van der Waals surface area contributed by atoms with Crippen LogP contribution in [0.3, 0.4) is 0 Å². The van der Waals surface area contributed by atoms with Gasteiger partial charge in [-0.25, -0.2) is 4.98 Å². The summed E-state index contributed by atoms with van der Waals surface area (Å²) in [5.74, 6) is 0.0888. The van der Waals surface area contributed by atoms with Crippen molar-refractivity contribution in [1.82, 2.24) is 14.8 Å². The predicted octanol–water partition coefficient (Wildman–Crippen LogP) is 4.94. The van der Waals surface area contributed by atoms with Crippen LogP contribution < -0.4 is 4.90 Å². The number of piperazine rings is 1. The predicted molar refractivity (Wildman–Crippen MR) is 129 cm³/mol. The molecule has 3 saturated heterocycles. The van der Waals surface area contributed by atoms with Gasteiger partial charge in [0.15, 0.2) is 0 Å². The molecule has 0 N–H and O–H groups in total. The number of aromatic nitrogens is 1. The van der Waals surface area contributed by atoms with E-state index in [4.69, 9.17) is 0 Å². The Morgan fingerprint density at radius 1 is 0.943 bits per heavy atom. The van der Waals surface area contributed by atoms with Crippen molar-refractivity contribution in [2.45, 2.75) is 62.7 Å². The van der Waals surface area contributed by atoms with Crippen molar-refractivity contribution in [2.75, 3.05) is 37.6 Å². The maximum absolute atomic E-state index is 13.8. The Hall–Kier alpha value is -2.61. The zero-order valence-electron chi connectivity index (χ0n) is 20.0. The highest BCUT2D eigenvalue weighted by Gasteiger charge is 2.42. The Kier molecular flexibility index (Phi) is 7.00. The molecule has 1 aromatic carbocycles. The molecule has 3 aliphatic rings. The topological polar surface area (TPSA) is 39.7 Å². The van der Waals surface area contributed by atoms with Crippen molar-refractivity contribution in [2.24, 2.45) is 0 Å². The molecule has 5 nitrogen and oxygen atoms in total. The summed E-state index contributed by atoms with van der Waals surface area (Å²) in [5.41, 5.74) is 0.378. The van der Waals surface area contributed by atoms with Crippen molar-refractivity contribution >= 4 is 11.7 Å². The number of amides is 1. The number of halogens is 3. The number of benzene rings is 1. The first kappa shape index (κ1) is 24.1. The SMILES string of the molecule is O=C(C(CCN1CCN(c2ncccc2C(F)(F)F)CC1)c1ccccc1)N1C2CCCC1CC2.